The van der Waals surface area contributed by atoms with Crippen molar-refractivity contribution in [3.8, 4) is 5.75 Å². The van der Waals surface area contributed by atoms with Crippen molar-refractivity contribution >= 4 is 12.0 Å². The molecular weight excluding hydrogens is 318 g/mol. The smallest absolute Gasteiger partial charge is 0.317 e. The Kier molecular flexibility index (Phi) is 5.66. The van der Waals surface area contributed by atoms with Gasteiger partial charge in [0, 0.05) is 45.1 Å². The van der Waals surface area contributed by atoms with Crippen molar-refractivity contribution in [3.05, 3.63) is 48.3 Å². The average Bonchev–Trinajstić information content (AvgIpc) is 2.68. The zero-order valence-electron chi connectivity index (χ0n) is 14.4. The van der Waals surface area contributed by atoms with E-state index in [1.54, 1.807) is 18.5 Å². The van der Waals surface area contributed by atoms with Gasteiger partial charge < -0.3 is 19.9 Å². The summed E-state index contributed by atoms with van der Waals surface area (Å²) in [5.41, 5.74) is 1.05. The molecule has 2 amide bonds. The Balaban J connectivity index is 1.45. The fourth-order valence-electron chi connectivity index (χ4n) is 2.72. The molecule has 1 aromatic carbocycles. The Morgan fingerprint density at radius 3 is 2.44 bits per heavy atom. The van der Waals surface area contributed by atoms with Gasteiger partial charge >= 0.3 is 6.03 Å². The number of hydrogen-bond acceptors (Lipinski definition) is 5. The third-order valence-electron chi connectivity index (χ3n) is 4.08. The molecule has 0 aliphatic carbocycles. The van der Waals surface area contributed by atoms with Crippen LogP contribution in [-0.2, 0) is 6.54 Å². The van der Waals surface area contributed by atoms with E-state index in [0.29, 0.717) is 26.2 Å². The maximum atomic E-state index is 12.3. The molecule has 7 heteroatoms. The Labute approximate surface area is 147 Å². The number of ether oxygens (including phenoxy) is 1. The van der Waals surface area contributed by atoms with E-state index in [1.807, 2.05) is 36.1 Å². The van der Waals surface area contributed by atoms with E-state index in [-0.39, 0.29) is 6.03 Å². The first-order valence-corrected chi connectivity index (χ1v) is 8.52. The number of aromatic nitrogens is 2. The van der Waals surface area contributed by atoms with Crippen LogP contribution in [0.2, 0.25) is 0 Å². The Morgan fingerprint density at radius 2 is 1.80 bits per heavy atom. The monoisotopic (exact) mass is 341 g/mol. The minimum atomic E-state index is -0.0393. The van der Waals surface area contributed by atoms with Gasteiger partial charge in [-0.2, -0.15) is 0 Å². The van der Waals surface area contributed by atoms with E-state index in [9.17, 15) is 4.79 Å². The second kappa shape index (κ2) is 8.32. The number of anilines is 1. The second-order valence-electron chi connectivity index (χ2n) is 5.76. The first kappa shape index (κ1) is 17.0. The van der Waals surface area contributed by atoms with Crippen molar-refractivity contribution in [1.82, 2.24) is 20.2 Å². The van der Waals surface area contributed by atoms with Crippen LogP contribution in [0.25, 0.3) is 0 Å². The molecule has 3 rings (SSSR count). The average molecular weight is 341 g/mol. The topological polar surface area (TPSA) is 70.6 Å². The van der Waals surface area contributed by atoms with Crippen LogP contribution in [0.5, 0.6) is 5.75 Å². The maximum absolute atomic E-state index is 12.3. The fourth-order valence-corrected chi connectivity index (χ4v) is 2.72. The lowest BCUT2D eigenvalue weighted by Gasteiger charge is -2.34. The van der Waals surface area contributed by atoms with Crippen LogP contribution >= 0.6 is 0 Å². The molecule has 0 bridgehead atoms. The summed E-state index contributed by atoms with van der Waals surface area (Å²) in [5.74, 6) is 1.56. The highest BCUT2D eigenvalue weighted by Crippen LogP contribution is 2.12. The largest absolute Gasteiger partial charge is 0.494 e. The highest BCUT2D eigenvalue weighted by atomic mass is 16.5. The molecule has 2 aromatic rings. The highest BCUT2D eigenvalue weighted by molar-refractivity contribution is 5.74. The Bertz CT molecular complexity index is 670. The van der Waals surface area contributed by atoms with Crippen LogP contribution in [-0.4, -0.2) is 53.7 Å². The van der Waals surface area contributed by atoms with Gasteiger partial charge in [0.1, 0.15) is 5.75 Å². The first-order valence-electron chi connectivity index (χ1n) is 8.52. The van der Waals surface area contributed by atoms with Gasteiger partial charge in [-0.05, 0) is 30.7 Å². The van der Waals surface area contributed by atoms with Crippen molar-refractivity contribution in [2.75, 3.05) is 37.7 Å². The second-order valence-corrected chi connectivity index (χ2v) is 5.76. The lowest BCUT2D eigenvalue weighted by Crippen LogP contribution is -2.52. The van der Waals surface area contributed by atoms with Gasteiger partial charge in [-0.25, -0.2) is 14.8 Å². The number of nitrogens with zero attached hydrogens (tertiary/aromatic N) is 4. The van der Waals surface area contributed by atoms with Crippen LogP contribution in [0.1, 0.15) is 12.5 Å². The number of rotatable bonds is 5. The van der Waals surface area contributed by atoms with E-state index in [4.69, 9.17) is 4.74 Å². The Morgan fingerprint density at radius 1 is 1.12 bits per heavy atom. The molecule has 0 saturated carbocycles. The number of carbonyl (C=O) groups excluding carboxylic acids is 1. The predicted octanol–water partition coefficient (Wildman–Crippen LogP) is 1.91. The fraction of sp³-hybridized carbons (Fsp3) is 0.389. The number of carbonyl (C=O) groups is 1. The van der Waals surface area contributed by atoms with Gasteiger partial charge in [0.15, 0.2) is 0 Å². The summed E-state index contributed by atoms with van der Waals surface area (Å²) in [7, 11) is 0. The molecule has 0 atom stereocenters. The lowest BCUT2D eigenvalue weighted by atomic mass is 10.2. The molecule has 1 aliphatic heterocycles. The predicted molar refractivity (Wildman–Crippen MR) is 95.7 cm³/mol. The van der Waals surface area contributed by atoms with Crippen molar-refractivity contribution in [2.24, 2.45) is 0 Å². The minimum absolute atomic E-state index is 0.0393. The SMILES string of the molecule is CCOc1ccc(CNC(=O)N2CCN(c3ncccn3)CC2)cc1. The van der Waals surface area contributed by atoms with Crippen LogP contribution < -0.4 is 15.0 Å². The van der Waals surface area contributed by atoms with E-state index in [2.05, 4.69) is 20.2 Å². The minimum Gasteiger partial charge on any atom is -0.494 e. The zero-order chi connectivity index (χ0) is 17.5. The van der Waals surface area contributed by atoms with Gasteiger partial charge in [0.05, 0.1) is 6.61 Å². The summed E-state index contributed by atoms with van der Waals surface area (Å²) in [6.07, 6.45) is 3.47. The molecule has 7 nitrogen and oxygen atoms in total. The van der Waals surface area contributed by atoms with Crippen LogP contribution in [0.3, 0.4) is 0 Å². The molecule has 0 spiro atoms. The molecule has 1 aromatic heterocycles. The maximum Gasteiger partial charge on any atom is 0.317 e. The van der Waals surface area contributed by atoms with Gasteiger partial charge in [-0.3, -0.25) is 0 Å². The van der Waals surface area contributed by atoms with Crippen LogP contribution in [0.15, 0.2) is 42.7 Å². The van der Waals surface area contributed by atoms with Crippen molar-refractivity contribution < 1.29 is 9.53 Å². The summed E-state index contributed by atoms with van der Waals surface area (Å²) in [4.78, 5) is 24.8. The van der Waals surface area contributed by atoms with E-state index < -0.39 is 0 Å². The third-order valence-corrected chi connectivity index (χ3v) is 4.08. The van der Waals surface area contributed by atoms with E-state index in [0.717, 1.165) is 30.4 Å². The summed E-state index contributed by atoms with van der Waals surface area (Å²) >= 11 is 0. The van der Waals surface area contributed by atoms with Crippen molar-refractivity contribution in [3.63, 3.8) is 0 Å². The summed E-state index contributed by atoms with van der Waals surface area (Å²) in [6.45, 7) is 5.91. The molecule has 1 fully saturated rings. The Hall–Kier alpha value is -2.83. The molecule has 132 valence electrons. The molecule has 0 unspecified atom stereocenters. The number of nitrogens with one attached hydrogen (secondary N) is 1. The van der Waals surface area contributed by atoms with E-state index >= 15 is 0 Å². The number of hydrogen-bond donors (Lipinski definition) is 1. The number of amides is 2. The summed E-state index contributed by atoms with van der Waals surface area (Å²) < 4.78 is 5.42. The van der Waals surface area contributed by atoms with Crippen LogP contribution in [0, 0.1) is 0 Å². The number of urea groups is 1. The molecule has 25 heavy (non-hydrogen) atoms. The van der Waals surface area contributed by atoms with Gasteiger partial charge in [0.2, 0.25) is 5.95 Å². The summed E-state index contributed by atoms with van der Waals surface area (Å²) in [6, 6.07) is 9.54. The molecule has 0 radical (unpaired) electrons. The van der Waals surface area contributed by atoms with Gasteiger partial charge in [0.25, 0.3) is 0 Å². The molecule has 1 N–H and O–H groups in total. The van der Waals surface area contributed by atoms with Crippen molar-refractivity contribution in [2.45, 2.75) is 13.5 Å². The summed E-state index contributed by atoms with van der Waals surface area (Å²) in [5, 5.41) is 2.97. The highest BCUT2D eigenvalue weighted by Gasteiger charge is 2.22. The van der Waals surface area contributed by atoms with Crippen molar-refractivity contribution in [1.29, 1.82) is 0 Å². The standard InChI is InChI=1S/C18H23N5O2/c1-2-25-16-6-4-15(5-7-16)14-21-18(24)23-12-10-22(11-13-23)17-19-8-3-9-20-17/h3-9H,2,10-14H2,1H3,(H,21,24). The molecule has 1 saturated heterocycles. The first-order chi connectivity index (χ1) is 12.3. The number of piperazine rings is 1. The quantitative estimate of drug-likeness (QED) is 0.899. The normalized spacial score (nSPS) is 14.3. The molecule has 2 heterocycles. The van der Waals surface area contributed by atoms with Gasteiger partial charge in [-0.1, -0.05) is 12.1 Å². The molecular formula is C18H23N5O2. The van der Waals surface area contributed by atoms with E-state index in [1.165, 1.54) is 0 Å². The lowest BCUT2D eigenvalue weighted by molar-refractivity contribution is 0.193. The number of benzene rings is 1. The third kappa shape index (κ3) is 4.59. The van der Waals surface area contributed by atoms with Crippen LogP contribution in [0.4, 0.5) is 10.7 Å². The molecule has 1 aliphatic rings. The zero-order valence-corrected chi connectivity index (χ0v) is 14.4. The van der Waals surface area contributed by atoms with Gasteiger partial charge in [-0.15, -0.1) is 0 Å².